The summed E-state index contributed by atoms with van der Waals surface area (Å²) in [6.07, 6.45) is -0.00520. The molecule has 3 saturated heterocycles. The van der Waals surface area contributed by atoms with E-state index >= 15 is 0 Å². The first-order valence-corrected chi connectivity index (χ1v) is 7.26. The third-order valence-electron chi connectivity index (χ3n) is 4.16. The second kappa shape index (κ2) is 7.12. The molecule has 0 spiro atoms. The molecule has 3 fully saturated rings. The number of rotatable bonds is 1. The lowest BCUT2D eigenvalue weighted by Gasteiger charge is -2.44. The molecule has 132 valence electrons. The summed E-state index contributed by atoms with van der Waals surface area (Å²) in [6.45, 7) is 2.95. The van der Waals surface area contributed by atoms with Crippen molar-refractivity contribution < 1.29 is 33.0 Å². The third kappa shape index (κ3) is 4.40. The number of fused-ring (bicyclic) bond motifs is 3. The highest BCUT2D eigenvalue weighted by Crippen LogP contribution is 2.38. The molecule has 0 aliphatic carbocycles. The molecule has 3 aliphatic heterocycles. The Labute approximate surface area is 135 Å². The van der Waals surface area contributed by atoms with E-state index in [1.54, 1.807) is 0 Å². The highest BCUT2D eigenvalue weighted by molar-refractivity contribution is 6.27. The van der Waals surface area contributed by atoms with Crippen LogP contribution in [0.1, 0.15) is 30.1 Å². The Morgan fingerprint density at radius 2 is 1.71 bits per heavy atom. The van der Waals surface area contributed by atoms with E-state index in [2.05, 4.69) is 14.9 Å². The van der Waals surface area contributed by atoms with Gasteiger partial charge in [0.1, 0.15) is 0 Å². The number of carboxylic acids is 2. The van der Waals surface area contributed by atoms with Gasteiger partial charge in [-0.15, -0.1) is 0 Å². The van der Waals surface area contributed by atoms with E-state index in [1.165, 1.54) is 6.20 Å². The Morgan fingerprint density at radius 1 is 1.12 bits per heavy atom. The Morgan fingerprint density at radius 3 is 2.12 bits per heavy atom. The predicted molar refractivity (Wildman–Crippen MR) is 74.2 cm³/mol. The molecule has 0 radical (unpaired) electrons. The van der Waals surface area contributed by atoms with E-state index in [-0.39, 0.29) is 5.92 Å². The SMILES string of the molecule is FC(F)(F)c1cncc([C@H]2CN3CCC2CC3)n1.O=C(O)C(=O)O. The van der Waals surface area contributed by atoms with Crippen molar-refractivity contribution in [2.24, 2.45) is 5.92 Å². The minimum atomic E-state index is -4.41. The Balaban J connectivity index is 0.000000301. The molecule has 0 saturated carbocycles. The molecule has 4 rings (SSSR count). The van der Waals surface area contributed by atoms with Gasteiger partial charge in [0.15, 0.2) is 5.69 Å². The second-order valence-electron chi connectivity index (χ2n) is 5.68. The normalized spacial score (nSPS) is 25.5. The first kappa shape index (κ1) is 18.1. The molecular weight excluding hydrogens is 331 g/mol. The van der Waals surface area contributed by atoms with Crippen LogP contribution in [-0.2, 0) is 15.8 Å². The van der Waals surface area contributed by atoms with Crippen molar-refractivity contribution in [3.8, 4) is 0 Å². The minimum Gasteiger partial charge on any atom is -0.473 e. The Hall–Kier alpha value is -2.23. The number of aromatic nitrogens is 2. The first-order chi connectivity index (χ1) is 11.2. The summed E-state index contributed by atoms with van der Waals surface area (Å²) in [5.74, 6) is -3.07. The van der Waals surface area contributed by atoms with Crippen molar-refractivity contribution in [2.45, 2.75) is 24.9 Å². The molecule has 7 nitrogen and oxygen atoms in total. The van der Waals surface area contributed by atoms with E-state index < -0.39 is 23.8 Å². The van der Waals surface area contributed by atoms with Gasteiger partial charge in [0.2, 0.25) is 0 Å². The van der Waals surface area contributed by atoms with E-state index in [1.807, 2.05) is 0 Å². The quantitative estimate of drug-likeness (QED) is 0.741. The van der Waals surface area contributed by atoms with Gasteiger partial charge in [-0.05, 0) is 31.8 Å². The summed E-state index contributed by atoms with van der Waals surface area (Å²) in [6, 6.07) is 0. The van der Waals surface area contributed by atoms with E-state index in [4.69, 9.17) is 19.8 Å². The zero-order valence-corrected chi connectivity index (χ0v) is 12.5. The predicted octanol–water partition coefficient (Wildman–Crippen LogP) is 1.46. The number of nitrogens with zero attached hydrogens (tertiary/aromatic N) is 3. The van der Waals surface area contributed by atoms with Crippen LogP contribution in [-0.4, -0.2) is 56.7 Å². The summed E-state index contributed by atoms with van der Waals surface area (Å²) in [5, 5.41) is 14.8. The average molecular weight is 347 g/mol. The number of piperidine rings is 3. The van der Waals surface area contributed by atoms with Crippen molar-refractivity contribution in [3.05, 3.63) is 23.8 Å². The van der Waals surface area contributed by atoms with E-state index in [0.717, 1.165) is 38.7 Å². The van der Waals surface area contributed by atoms with Gasteiger partial charge in [0, 0.05) is 18.7 Å². The maximum absolute atomic E-state index is 12.6. The lowest BCUT2D eigenvalue weighted by Crippen LogP contribution is -2.46. The van der Waals surface area contributed by atoms with Crippen LogP contribution < -0.4 is 0 Å². The van der Waals surface area contributed by atoms with Gasteiger partial charge in [-0.25, -0.2) is 14.6 Å². The van der Waals surface area contributed by atoms with E-state index in [9.17, 15) is 13.2 Å². The van der Waals surface area contributed by atoms with Gasteiger partial charge in [-0.2, -0.15) is 13.2 Å². The summed E-state index contributed by atoms with van der Waals surface area (Å²) in [4.78, 5) is 28.0. The third-order valence-corrected chi connectivity index (χ3v) is 4.16. The van der Waals surface area contributed by atoms with E-state index in [0.29, 0.717) is 11.6 Å². The van der Waals surface area contributed by atoms with Crippen LogP contribution in [0.2, 0.25) is 0 Å². The van der Waals surface area contributed by atoms with Gasteiger partial charge in [-0.1, -0.05) is 0 Å². The Bertz CT molecular complexity index is 604. The first-order valence-electron chi connectivity index (χ1n) is 7.26. The van der Waals surface area contributed by atoms with Gasteiger partial charge >= 0.3 is 18.1 Å². The number of hydrogen-bond acceptors (Lipinski definition) is 5. The topological polar surface area (TPSA) is 104 Å². The molecule has 10 heteroatoms. The second-order valence-corrected chi connectivity index (χ2v) is 5.68. The fourth-order valence-electron chi connectivity index (χ4n) is 3.00. The van der Waals surface area contributed by atoms with Crippen LogP contribution in [0.3, 0.4) is 0 Å². The maximum atomic E-state index is 12.6. The molecule has 2 N–H and O–H groups in total. The molecule has 1 aromatic heterocycles. The smallest absolute Gasteiger partial charge is 0.434 e. The van der Waals surface area contributed by atoms with Crippen LogP contribution in [0.5, 0.6) is 0 Å². The highest BCUT2D eigenvalue weighted by Gasteiger charge is 2.38. The summed E-state index contributed by atoms with van der Waals surface area (Å²) in [5.41, 5.74) is -0.379. The fraction of sp³-hybridized carbons (Fsp3) is 0.571. The van der Waals surface area contributed by atoms with Gasteiger partial charge < -0.3 is 15.1 Å². The number of halogens is 3. The molecule has 0 aromatic carbocycles. The molecular formula is C14H16F3N3O4. The summed E-state index contributed by atoms with van der Waals surface area (Å²) in [7, 11) is 0. The molecule has 1 aromatic rings. The fourth-order valence-corrected chi connectivity index (χ4v) is 3.00. The van der Waals surface area contributed by atoms with Crippen molar-refractivity contribution >= 4 is 11.9 Å². The zero-order valence-electron chi connectivity index (χ0n) is 12.5. The average Bonchev–Trinajstić information content (AvgIpc) is 2.55. The minimum absolute atomic E-state index is 0.113. The standard InChI is InChI=1S/C12H14F3N3.C2H2O4/c13-12(14,15)11-6-16-5-10(17-11)9-7-18-3-1-8(9)2-4-18;3-1(4)2(5)6/h5-6,8-9H,1-4,7H2;(H,3,4)(H,5,6)/t9-;/m0./s1. The van der Waals surface area contributed by atoms with Crippen LogP contribution >= 0.6 is 0 Å². The van der Waals surface area contributed by atoms with Crippen LogP contribution in [0.4, 0.5) is 13.2 Å². The number of hydrogen-bond donors (Lipinski definition) is 2. The largest absolute Gasteiger partial charge is 0.473 e. The monoisotopic (exact) mass is 347 g/mol. The number of carbonyl (C=O) groups is 2. The van der Waals surface area contributed by atoms with Crippen LogP contribution in [0.25, 0.3) is 0 Å². The van der Waals surface area contributed by atoms with Crippen LogP contribution in [0.15, 0.2) is 12.4 Å². The molecule has 4 heterocycles. The molecule has 1 atom stereocenters. The van der Waals surface area contributed by atoms with Gasteiger partial charge in [0.05, 0.1) is 11.9 Å². The van der Waals surface area contributed by atoms with Crippen molar-refractivity contribution in [1.29, 1.82) is 0 Å². The van der Waals surface area contributed by atoms with Gasteiger partial charge in [-0.3, -0.25) is 4.98 Å². The van der Waals surface area contributed by atoms with Gasteiger partial charge in [0.25, 0.3) is 0 Å². The van der Waals surface area contributed by atoms with Crippen molar-refractivity contribution in [1.82, 2.24) is 14.9 Å². The van der Waals surface area contributed by atoms with Crippen molar-refractivity contribution in [2.75, 3.05) is 19.6 Å². The summed E-state index contributed by atoms with van der Waals surface area (Å²) >= 11 is 0. The van der Waals surface area contributed by atoms with Crippen LogP contribution in [0, 0.1) is 5.92 Å². The highest BCUT2D eigenvalue weighted by atomic mass is 19.4. The molecule has 0 amide bonds. The zero-order chi connectivity index (χ0) is 17.9. The molecule has 24 heavy (non-hydrogen) atoms. The number of alkyl halides is 3. The summed E-state index contributed by atoms with van der Waals surface area (Å²) < 4.78 is 37.8. The lowest BCUT2D eigenvalue weighted by molar-refractivity contribution is -0.159. The molecule has 2 bridgehead atoms. The Kier molecular flexibility index (Phi) is 5.37. The lowest BCUT2D eigenvalue weighted by atomic mass is 9.77. The molecule has 0 unspecified atom stereocenters. The maximum Gasteiger partial charge on any atom is 0.434 e. The molecule has 3 aliphatic rings. The number of carboxylic acid groups (broad SMARTS) is 2. The number of aliphatic carboxylic acids is 2. The van der Waals surface area contributed by atoms with Crippen molar-refractivity contribution in [3.63, 3.8) is 0 Å².